The number of hydrogen-bond acceptors (Lipinski definition) is 4. The Labute approximate surface area is 144 Å². The number of aliphatic carboxylic acids is 1. The molecule has 0 bridgehead atoms. The van der Waals surface area contributed by atoms with Gasteiger partial charge in [0.1, 0.15) is 5.70 Å². The highest BCUT2D eigenvalue weighted by molar-refractivity contribution is 9.10. The van der Waals surface area contributed by atoms with Crippen molar-refractivity contribution in [3.05, 3.63) is 79.9 Å². The molecule has 2 aromatic rings. The van der Waals surface area contributed by atoms with Crippen LogP contribution in [0, 0.1) is 10.1 Å². The zero-order valence-corrected chi connectivity index (χ0v) is 13.7. The number of carbonyl (C=O) groups excluding carboxylic acids is 1. The van der Waals surface area contributed by atoms with Crippen molar-refractivity contribution < 1.29 is 19.6 Å². The summed E-state index contributed by atoms with van der Waals surface area (Å²) in [5.41, 5.74) is 0.254. The Morgan fingerprint density at radius 3 is 2.38 bits per heavy atom. The van der Waals surface area contributed by atoms with Gasteiger partial charge in [-0.2, -0.15) is 0 Å². The average Bonchev–Trinajstić information content (AvgIpc) is 2.54. The van der Waals surface area contributed by atoms with Crippen molar-refractivity contribution in [3.8, 4) is 0 Å². The third-order valence-electron chi connectivity index (χ3n) is 2.98. The molecule has 0 aliphatic rings. The summed E-state index contributed by atoms with van der Waals surface area (Å²) in [6.07, 6.45) is 1.22. The Bertz CT molecular complexity index is 831. The van der Waals surface area contributed by atoms with E-state index < -0.39 is 16.8 Å². The van der Waals surface area contributed by atoms with Crippen molar-refractivity contribution in [1.82, 2.24) is 5.32 Å². The lowest BCUT2D eigenvalue weighted by molar-refractivity contribution is -0.384. The molecule has 2 aromatic carbocycles. The number of carboxylic acid groups (broad SMARTS) is 1. The molecule has 1 amide bonds. The van der Waals surface area contributed by atoms with Crippen molar-refractivity contribution in [2.45, 2.75) is 0 Å². The molecular weight excluding hydrogens is 380 g/mol. The van der Waals surface area contributed by atoms with Crippen LogP contribution in [-0.2, 0) is 4.79 Å². The molecule has 7 nitrogen and oxygen atoms in total. The van der Waals surface area contributed by atoms with Crippen LogP contribution in [0.5, 0.6) is 0 Å². The summed E-state index contributed by atoms with van der Waals surface area (Å²) in [5.74, 6) is -1.90. The number of halogens is 1. The van der Waals surface area contributed by atoms with Crippen LogP contribution < -0.4 is 5.32 Å². The van der Waals surface area contributed by atoms with E-state index in [-0.39, 0.29) is 11.4 Å². The number of nitrogens with zero attached hydrogens (tertiary/aromatic N) is 1. The number of hydrogen-bond donors (Lipinski definition) is 2. The lowest BCUT2D eigenvalue weighted by Gasteiger charge is -2.06. The van der Waals surface area contributed by atoms with Gasteiger partial charge in [-0.05, 0) is 42.0 Å². The minimum Gasteiger partial charge on any atom is -0.477 e. The van der Waals surface area contributed by atoms with E-state index in [4.69, 9.17) is 0 Å². The second-order valence-corrected chi connectivity index (χ2v) is 5.59. The van der Waals surface area contributed by atoms with Crippen molar-refractivity contribution in [1.29, 1.82) is 0 Å². The maximum absolute atomic E-state index is 12.1. The standard InChI is InChI=1S/C16H11BrN2O5/c17-12-3-1-2-11(9-12)15(20)18-14(16(21)22)8-10-4-6-13(7-5-10)19(23)24/h1-9H,(H,18,20)(H,21,22). The van der Waals surface area contributed by atoms with E-state index in [1.807, 2.05) is 0 Å². The summed E-state index contributed by atoms with van der Waals surface area (Å²) in [6.45, 7) is 0. The molecule has 2 rings (SSSR count). The number of carbonyl (C=O) groups is 2. The SMILES string of the molecule is O=C(O)C(=Cc1ccc([N+](=O)[O-])cc1)NC(=O)c1cccc(Br)c1. The van der Waals surface area contributed by atoms with Crippen LogP contribution >= 0.6 is 15.9 Å². The topological polar surface area (TPSA) is 110 Å². The van der Waals surface area contributed by atoms with Crippen molar-refractivity contribution in [2.24, 2.45) is 0 Å². The van der Waals surface area contributed by atoms with Crippen LogP contribution in [0.15, 0.2) is 58.7 Å². The summed E-state index contributed by atoms with van der Waals surface area (Å²) >= 11 is 3.23. The first kappa shape index (κ1) is 17.4. The minimum atomic E-state index is -1.32. The maximum atomic E-state index is 12.1. The molecule has 0 saturated heterocycles. The van der Waals surface area contributed by atoms with Gasteiger partial charge in [0.15, 0.2) is 0 Å². The predicted octanol–water partition coefficient (Wildman–Crippen LogP) is 3.21. The molecule has 8 heteroatoms. The van der Waals surface area contributed by atoms with Gasteiger partial charge in [0.05, 0.1) is 4.92 Å². The molecular formula is C16H11BrN2O5. The number of nitrogens with one attached hydrogen (secondary N) is 1. The first-order valence-corrected chi connectivity index (χ1v) is 7.42. The van der Waals surface area contributed by atoms with Gasteiger partial charge in [-0.25, -0.2) is 4.79 Å². The summed E-state index contributed by atoms with van der Waals surface area (Å²) in [6, 6.07) is 11.8. The summed E-state index contributed by atoms with van der Waals surface area (Å²) in [5, 5.41) is 22.1. The third-order valence-corrected chi connectivity index (χ3v) is 3.47. The van der Waals surface area contributed by atoms with E-state index in [2.05, 4.69) is 21.2 Å². The highest BCUT2D eigenvalue weighted by Gasteiger charge is 2.14. The van der Waals surface area contributed by atoms with Crippen LogP contribution in [0.2, 0.25) is 0 Å². The van der Waals surface area contributed by atoms with E-state index in [1.54, 1.807) is 24.3 Å². The molecule has 0 atom stereocenters. The molecule has 0 heterocycles. The molecule has 0 radical (unpaired) electrons. The number of nitro benzene ring substituents is 1. The lowest BCUT2D eigenvalue weighted by atomic mass is 10.1. The molecule has 0 aliphatic heterocycles. The number of amides is 1. The fourth-order valence-corrected chi connectivity index (χ4v) is 2.23. The summed E-state index contributed by atoms with van der Waals surface area (Å²) in [7, 11) is 0. The quantitative estimate of drug-likeness (QED) is 0.462. The average molecular weight is 391 g/mol. The van der Waals surface area contributed by atoms with Gasteiger partial charge in [0.25, 0.3) is 11.6 Å². The van der Waals surface area contributed by atoms with Gasteiger partial charge >= 0.3 is 5.97 Å². The Morgan fingerprint density at radius 2 is 1.83 bits per heavy atom. The molecule has 0 fully saturated rings. The molecule has 0 spiro atoms. The smallest absolute Gasteiger partial charge is 0.352 e. The van der Waals surface area contributed by atoms with Crippen LogP contribution in [-0.4, -0.2) is 21.9 Å². The van der Waals surface area contributed by atoms with Crippen LogP contribution in [0.1, 0.15) is 15.9 Å². The third kappa shape index (κ3) is 4.50. The molecule has 2 N–H and O–H groups in total. The van der Waals surface area contributed by atoms with Crippen LogP contribution in [0.3, 0.4) is 0 Å². The normalized spacial score (nSPS) is 11.0. The predicted molar refractivity (Wildman–Crippen MR) is 90.3 cm³/mol. The highest BCUT2D eigenvalue weighted by Crippen LogP contribution is 2.15. The molecule has 0 saturated carbocycles. The second-order valence-electron chi connectivity index (χ2n) is 4.68. The molecule has 0 aromatic heterocycles. The van der Waals surface area contributed by atoms with Gasteiger partial charge in [0, 0.05) is 22.2 Å². The Morgan fingerprint density at radius 1 is 1.17 bits per heavy atom. The molecule has 0 unspecified atom stereocenters. The number of nitro groups is 1. The Hall–Kier alpha value is -3.00. The first-order valence-electron chi connectivity index (χ1n) is 6.63. The lowest BCUT2D eigenvalue weighted by Crippen LogP contribution is -2.27. The number of benzene rings is 2. The number of carboxylic acids is 1. The van der Waals surface area contributed by atoms with Gasteiger partial charge in [-0.1, -0.05) is 22.0 Å². The van der Waals surface area contributed by atoms with E-state index in [0.717, 1.165) is 0 Å². The van der Waals surface area contributed by atoms with Crippen molar-refractivity contribution in [2.75, 3.05) is 0 Å². The molecule has 0 aliphatic carbocycles. The minimum absolute atomic E-state index is 0.109. The summed E-state index contributed by atoms with van der Waals surface area (Å²) < 4.78 is 0.686. The van der Waals surface area contributed by atoms with Gasteiger partial charge < -0.3 is 10.4 Å². The maximum Gasteiger partial charge on any atom is 0.352 e. The highest BCUT2D eigenvalue weighted by atomic mass is 79.9. The fourth-order valence-electron chi connectivity index (χ4n) is 1.83. The van der Waals surface area contributed by atoms with E-state index >= 15 is 0 Å². The monoisotopic (exact) mass is 390 g/mol. The summed E-state index contributed by atoms with van der Waals surface area (Å²) in [4.78, 5) is 33.5. The largest absolute Gasteiger partial charge is 0.477 e. The van der Waals surface area contributed by atoms with E-state index in [9.17, 15) is 24.8 Å². The zero-order chi connectivity index (χ0) is 17.7. The zero-order valence-electron chi connectivity index (χ0n) is 12.1. The molecule has 122 valence electrons. The van der Waals surface area contributed by atoms with Crippen molar-refractivity contribution in [3.63, 3.8) is 0 Å². The van der Waals surface area contributed by atoms with Gasteiger partial charge in [-0.3, -0.25) is 14.9 Å². The second kappa shape index (κ2) is 7.51. The van der Waals surface area contributed by atoms with Gasteiger partial charge in [-0.15, -0.1) is 0 Å². The van der Waals surface area contributed by atoms with Crippen LogP contribution in [0.4, 0.5) is 5.69 Å². The Balaban J connectivity index is 2.24. The fraction of sp³-hybridized carbons (Fsp3) is 0. The van der Waals surface area contributed by atoms with Crippen LogP contribution in [0.25, 0.3) is 6.08 Å². The first-order chi connectivity index (χ1) is 11.4. The molecule has 24 heavy (non-hydrogen) atoms. The van der Waals surface area contributed by atoms with E-state index in [0.29, 0.717) is 15.6 Å². The number of non-ortho nitro benzene ring substituents is 1. The number of rotatable bonds is 5. The Kier molecular flexibility index (Phi) is 5.43. The van der Waals surface area contributed by atoms with Gasteiger partial charge in [0.2, 0.25) is 0 Å². The van der Waals surface area contributed by atoms with E-state index in [1.165, 1.54) is 30.3 Å². The van der Waals surface area contributed by atoms with Crippen molar-refractivity contribution >= 4 is 39.6 Å².